The normalized spacial score (nSPS) is 19.5. The standard InChI is InChI=1S/C14H23N5.HI/c15-14(18-11-5-1-2-6-11)16-9-12-10-19-8-4-3-7-13(19)17-12;/h10-11H,1-9H2,(H3,15,16,18);1H. The van der Waals surface area contributed by atoms with E-state index in [0.29, 0.717) is 18.5 Å². The third kappa shape index (κ3) is 3.86. The van der Waals surface area contributed by atoms with Crippen LogP contribution >= 0.6 is 24.0 Å². The Bertz CT molecular complexity index is 439. The molecule has 5 nitrogen and oxygen atoms in total. The number of aromatic nitrogens is 2. The molecule has 1 fully saturated rings. The minimum atomic E-state index is 0. The summed E-state index contributed by atoms with van der Waals surface area (Å²) in [5.41, 5.74) is 6.96. The smallest absolute Gasteiger partial charge is 0.189 e. The molecule has 0 radical (unpaired) electrons. The van der Waals surface area contributed by atoms with Crippen LogP contribution in [0, 0.1) is 0 Å². The van der Waals surface area contributed by atoms with Crippen molar-refractivity contribution < 1.29 is 0 Å². The molecular weight excluding hydrogens is 365 g/mol. The van der Waals surface area contributed by atoms with E-state index in [4.69, 9.17) is 5.73 Å². The number of halogens is 1. The van der Waals surface area contributed by atoms with Crippen molar-refractivity contribution in [2.75, 3.05) is 0 Å². The van der Waals surface area contributed by atoms with Crippen LogP contribution in [0.15, 0.2) is 11.2 Å². The summed E-state index contributed by atoms with van der Waals surface area (Å²) in [6.45, 7) is 1.69. The number of hydrogen-bond donors (Lipinski definition) is 2. The van der Waals surface area contributed by atoms with Crippen molar-refractivity contribution in [3.8, 4) is 0 Å². The summed E-state index contributed by atoms with van der Waals surface area (Å²) in [7, 11) is 0. The van der Waals surface area contributed by atoms with Gasteiger partial charge in [0.15, 0.2) is 5.96 Å². The predicted octanol–water partition coefficient (Wildman–Crippen LogP) is 2.18. The van der Waals surface area contributed by atoms with Gasteiger partial charge >= 0.3 is 0 Å². The maximum absolute atomic E-state index is 5.93. The lowest BCUT2D eigenvalue weighted by Gasteiger charge is -2.11. The number of nitrogens with one attached hydrogen (secondary N) is 1. The van der Waals surface area contributed by atoms with E-state index in [-0.39, 0.29) is 24.0 Å². The topological polar surface area (TPSA) is 68.2 Å². The minimum Gasteiger partial charge on any atom is -0.370 e. The van der Waals surface area contributed by atoms with E-state index in [1.807, 2.05) is 0 Å². The number of aliphatic imine (C=N–C) groups is 1. The fourth-order valence-electron chi connectivity index (χ4n) is 3.04. The summed E-state index contributed by atoms with van der Waals surface area (Å²) < 4.78 is 2.26. The number of hydrogen-bond acceptors (Lipinski definition) is 2. The molecule has 1 aliphatic heterocycles. The molecule has 0 amide bonds. The molecular formula is C14H24IN5. The van der Waals surface area contributed by atoms with Crippen molar-refractivity contribution in [3.63, 3.8) is 0 Å². The van der Waals surface area contributed by atoms with E-state index in [1.54, 1.807) is 0 Å². The van der Waals surface area contributed by atoms with Crippen LogP contribution in [0.3, 0.4) is 0 Å². The summed E-state index contributed by atoms with van der Waals surface area (Å²) in [5.74, 6) is 1.77. The van der Waals surface area contributed by atoms with Crippen LogP contribution in [0.5, 0.6) is 0 Å². The lowest BCUT2D eigenvalue weighted by Crippen LogP contribution is -2.38. The van der Waals surface area contributed by atoms with Crippen molar-refractivity contribution >= 4 is 29.9 Å². The van der Waals surface area contributed by atoms with E-state index in [9.17, 15) is 0 Å². The molecule has 0 spiro atoms. The maximum Gasteiger partial charge on any atom is 0.189 e. The van der Waals surface area contributed by atoms with Crippen molar-refractivity contribution in [2.24, 2.45) is 10.7 Å². The minimum absolute atomic E-state index is 0. The van der Waals surface area contributed by atoms with Gasteiger partial charge in [0.1, 0.15) is 5.82 Å². The van der Waals surface area contributed by atoms with Crippen LogP contribution in [0.2, 0.25) is 0 Å². The number of rotatable bonds is 3. The number of nitrogens with zero attached hydrogens (tertiary/aromatic N) is 3. The first kappa shape index (κ1) is 15.6. The van der Waals surface area contributed by atoms with E-state index in [0.717, 1.165) is 18.7 Å². The number of guanidine groups is 1. The average molecular weight is 389 g/mol. The summed E-state index contributed by atoms with van der Waals surface area (Å²) >= 11 is 0. The van der Waals surface area contributed by atoms with Crippen LogP contribution in [0.4, 0.5) is 0 Å². The van der Waals surface area contributed by atoms with E-state index in [1.165, 1.54) is 44.3 Å². The van der Waals surface area contributed by atoms with Gasteiger partial charge in [0.25, 0.3) is 0 Å². The number of nitrogens with two attached hydrogens (primary N) is 1. The number of imidazole rings is 1. The van der Waals surface area contributed by atoms with Gasteiger partial charge in [-0.15, -0.1) is 24.0 Å². The monoisotopic (exact) mass is 389 g/mol. The third-order valence-corrected chi connectivity index (χ3v) is 4.08. The second-order valence-corrected chi connectivity index (χ2v) is 5.63. The molecule has 0 saturated heterocycles. The highest BCUT2D eigenvalue weighted by molar-refractivity contribution is 14.0. The van der Waals surface area contributed by atoms with Gasteiger partial charge in [0, 0.05) is 25.2 Å². The van der Waals surface area contributed by atoms with Crippen LogP contribution in [-0.4, -0.2) is 21.6 Å². The molecule has 3 rings (SSSR count). The van der Waals surface area contributed by atoms with Gasteiger partial charge in [-0.2, -0.15) is 0 Å². The lowest BCUT2D eigenvalue weighted by atomic mass is 10.2. The number of aryl methyl sites for hydroxylation is 2. The van der Waals surface area contributed by atoms with Gasteiger partial charge in [0.05, 0.1) is 12.2 Å². The zero-order chi connectivity index (χ0) is 13.1. The van der Waals surface area contributed by atoms with Gasteiger partial charge in [-0.1, -0.05) is 12.8 Å². The zero-order valence-electron chi connectivity index (χ0n) is 11.8. The van der Waals surface area contributed by atoms with Crippen molar-refractivity contribution in [1.29, 1.82) is 0 Å². The summed E-state index contributed by atoms with van der Waals surface area (Å²) in [6.07, 6.45) is 10.8. The van der Waals surface area contributed by atoms with Gasteiger partial charge in [-0.25, -0.2) is 9.98 Å². The first-order chi connectivity index (χ1) is 9.31. The Kier molecular flexibility index (Phi) is 5.68. The van der Waals surface area contributed by atoms with Gasteiger partial charge in [-0.3, -0.25) is 0 Å². The average Bonchev–Trinajstić information content (AvgIpc) is 3.04. The van der Waals surface area contributed by atoms with Crippen molar-refractivity contribution in [1.82, 2.24) is 14.9 Å². The fraction of sp³-hybridized carbons (Fsp3) is 0.714. The molecule has 0 unspecified atom stereocenters. The quantitative estimate of drug-likeness (QED) is 0.473. The highest BCUT2D eigenvalue weighted by atomic mass is 127. The Morgan fingerprint density at radius 3 is 2.90 bits per heavy atom. The highest BCUT2D eigenvalue weighted by Gasteiger charge is 2.15. The second-order valence-electron chi connectivity index (χ2n) is 5.63. The molecule has 112 valence electrons. The molecule has 20 heavy (non-hydrogen) atoms. The predicted molar refractivity (Wildman–Crippen MR) is 91.3 cm³/mol. The Morgan fingerprint density at radius 2 is 2.15 bits per heavy atom. The van der Waals surface area contributed by atoms with Crippen LogP contribution in [0.25, 0.3) is 0 Å². The zero-order valence-corrected chi connectivity index (χ0v) is 14.2. The van der Waals surface area contributed by atoms with Crippen molar-refractivity contribution in [3.05, 3.63) is 17.7 Å². The van der Waals surface area contributed by atoms with Crippen LogP contribution < -0.4 is 11.1 Å². The van der Waals surface area contributed by atoms with Crippen molar-refractivity contribution in [2.45, 2.75) is 64.1 Å². The molecule has 0 atom stereocenters. The largest absolute Gasteiger partial charge is 0.370 e. The Hall–Kier alpha value is -0.790. The maximum atomic E-state index is 5.93. The number of fused-ring (bicyclic) bond motifs is 1. The Labute approximate surface area is 137 Å². The molecule has 0 bridgehead atoms. The molecule has 1 aromatic rings. The summed E-state index contributed by atoms with van der Waals surface area (Å²) in [4.78, 5) is 9.04. The molecule has 3 N–H and O–H groups in total. The third-order valence-electron chi connectivity index (χ3n) is 4.08. The Balaban J connectivity index is 0.00000147. The molecule has 2 aliphatic rings. The fourth-order valence-corrected chi connectivity index (χ4v) is 3.04. The van der Waals surface area contributed by atoms with Crippen LogP contribution in [-0.2, 0) is 19.5 Å². The molecule has 1 aromatic heterocycles. The van der Waals surface area contributed by atoms with E-state index in [2.05, 4.69) is 26.1 Å². The Morgan fingerprint density at radius 1 is 1.35 bits per heavy atom. The SMILES string of the molecule is I.NC(=NCc1cn2c(n1)CCCC2)NC1CCCC1. The molecule has 1 aliphatic carbocycles. The first-order valence-corrected chi connectivity index (χ1v) is 7.42. The molecule has 0 aromatic carbocycles. The first-order valence-electron chi connectivity index (χ1n) is 7.42. The van der Waals surface area contributed by atoms with Gasteiger partial charge < -0.3 is 15.6 Å². The summed E-state index contributed by atoms with van der Waals surface area (Å²) in [6, 6.07) is 0.527. The van der Waals surface area contributed by atoms with Crippen LogP contribution in [0.1, 0.15) is 50.0 Å². The van der Waals surface area contributed by atoms with Gasteiger partial charge in [0.2, 0.25) is 0 Å². The second kappa shape index (κ2) is 7.28. The lowest BCUT2D eigenvalue weighted by molar-refractivity contribution is 0.522. The molecule has 1 saturated carbocycles. The van der Waals surface area contributed by atoms with Gasteiger partial charge in [-0.05, 0) is 25.7 Å². The molecule has 6 heteroatoms. The summed E-state index contributed by atoms with van der Waals surface area (Å²) in [5, 5.41) is 3.30. The van der Waals surface area contributed by atoms with E-state index < -0.39 is 0 Å². The molecule has 2 heterocycles. The van der Waals surface area contributed by atoms with E-state index >= 15 is 0 Å². The highest BCUT2D eigenvalue weighted by Crippen LogP contribution is 2.17.